The Morgan fingerprint density at radius 3 is 2.73 bits per heavy atom. The van der Waals surface area contributed by atoms with Gasteiger partial charge in [-0.1, -0.05) is 54.6 Å². The molecule has 3 nitrogen and oxygen atoms in total. The van der Waals surface area contributed by atoms with Crippen molar-refractivity contribution in [3.63, 3.8) is 0 Å². The minimum absolute atomic E-state index is 0.876. The first kappa shape index (κ1) is 17.0. The van der Waals surface area contributed by atoms with E-state index in [4.69, 9.17) is 4.74 Å². The Hall–Kier alpha value is -2.46. The fourth-order valence-corrected chi connectivity index (χ4v) is 4.46. The van der Waals surface area contributed by atoms with Gasteiger partial charge in [0, 0.05) is 24.4 Å². The Morgan fingerprint density at radius 1 is 1.04 bits per heavy atom. The molecule has 0 amide bonds. The van der Waals surface area contributed by atoms with E-state index in [0.717, 1.165) is 36.8 Å². The number of hydrogen-bond donors (Lipinski definition) is 1. The zero-order valence-corrected chi connectivity index (χ0v) is 15.7. The number of nitrogens with zero attached hydrogens (tertiary/aromatic N) is 1. The first-order valence-corrected chi connectivity index (χ1v) is 9.90. The van der Waals surface area contributed by atoms with Crippen molar-refractivity contribution >= 4 is 28.4 Å². The van der Waals surface area contributed by atoms with E-state index in [9.17, 15) is 0 Å². The predicted octanol–water partition coefficient (Wildman–Crippen LogP) is 4.88. The van der Waals surface area contributed by atoms with Gasteiger partial charge in [-0.3, -0.25) is 4.99 Å². The summed E-state index contributed by atoms with van der Waals surface area (Å²) in [5, 5.41) is 5.92. The molecule has 3 aromatic rings. The number of amidine groups is 1. The molecule has 3 aromatic carbocycles. The second-order valence-corrected chi connectivity index (χ2v) is 7.26. The van der Waals surface area contributed by atoms with Crippen molar-refractivity contribution in [1.82, 2.24) is 5.32 Å². The highest BCUT2D eigenvalue weighted by Crippen LogP contribution is 2.38. The van der Waals surface area contributed by atoms with E-state index in [1.165, 1.54) is 26.8 Å². The molecule has 0 fully saturated rings. The molecule has 4 rings (SSSR count). The molecule has 0 radical (unpaired) electrons. The quantitative estimate of drug-likeness (QED) is 0.657. The van der Waals surface area contributed by atoms with Crippen LogP contribution in [0, 0.1) is 0 Å². The van der Waals surface area contributed by atoms with Gasteiger partial charge in [0.2, 0.25) is 0 Å². The van der Waals surface area contributed by atoms with Crippen molar-refractivity contribution in [3.8, 4) is 5.75 Å². The van der Waals surface area contributed by atoms with E-state index in [2.05, 4.69) is 71.0 Å². The summed E-state index contributed by atoms with van der Waals surface area (Å²) >= 11 is 1.82. The van der Waals surface area contributed by atoms with Crippen LogP contribution in [-0.2, 0) is 5.75 Å². The topological polar surface area (TPSA) is 33.6 Å². The van der Waals surface area contributed by atoms with E-state index < -0.39 is 0 Å². The lowest BCUT2D eigenvalue weighted by molar-refractivity contribution is 0.406. The molecule has 1 aliphatic rings. The lowest BCUT2D eigenvalue weighted by Crippen LogP contribution is -2.30. The van der Waals surface area contributed by atoms with Gasteiger partial charge in [-0.05, 0) is 28.8 Å². The molecule has 0 unspecified atom stereocenters. The van der Waals surface area contributed by atoms with Crippen LogP contribution in [0.25, 0.3) is 10.8 Å². The number of hydrogen-bond acceptors (Lipinski definition) is 4. The zero-order chi connectivity index (χ0) is 17.8. The van der Waals surface area contributed by atoms with Crippen LogP contribution < -0.4 is 10.1 Å². The Bertz CT molecular complexity index is 952. The molecule has 1 heterocycles. The van der Waals surface area contributed by atoms with Gasteiger partial charge in [0.25, 0.3) is 0 Å². The van der Waals surface area contributed by atoms with Gasteiger partial charge in [-0.25, -0.2) is 0 Å². The van der Waals surface area contributed by atoms with Crippen molar-refractivity contribution in [1.29, 1.82) is 0 Å². The molecule has 0 aromatic heterocycles. The number of nitrogens with one attached hydrogen (secondary N) is 1. The molecule has 0 spiro atoms. The number of fused-ring (bicyclic) bond motifs is 1. The SMILES string of the molecule is COc1ccc2ccccc2c1SCc1ccccc1C1=NCCCN1. The van der Waals surface area contributed by atoms with Gasteiger partial charge < -0.3 is 10.1 Å². The van der Waals surface area contributed by atoms with Gasteiger partial charge >= 0.3 is 0 Å². The maximum Gasteiger partial charge on any atom is 0.133 e. The molecule has 0 saturated carbocycles. The van der Waals surface area contributed by atoms with E-state index in [1.807, 2.05) is 11.8 Å². The summed E-state index contributed by atoms with van der Waals surface area (Å²) in [7, 11) is 1.74. The van der Waals surface area contributed by atoms with E-state index in [-0.39, 0.29) is 0 Å². The lowest BCUT2D eigenvalue weighted by atomic mass is 10.1. The fourth-order valence-electron chi connectivity index (χ4n) is 3.27. The summed E-state index contributed by atoms with van der Waals surface area (Å²) in [6.45, 7) is 1.90. The summed E-state index contributed by atoms with van der Waals surface area (Å²) in [6.07, 6.45) is 1.10. The molecule has 4 heteroatoms. The summed E-state index contributed by atoms with van der Waals surface area (Å²) in [5.74, 6) is 2.83. The first-order valence-electron chi connectivity index (χ1n) is 8.92. The van der Waals surface area contributed by atoms with Crippen LogP contribution in [0.1, 0.15) is 17.5 Å². The number of methoxy groups -OCH3 is 1. The number of benzene rings is 3. The summed E-state index contributed by atoms with van der Waals surface area (Å²) in [4.78, 5) is 5.86. The van der Waals surface area contributed by atoms with Gasteiger partial charge in [0.1, 0.15) is 11.6 Å². The zero-order valence-electron chi connectivity index (χ0n) is 14.9. The summed E-state index contributed by atoms with van der Waals surface area (Å²) in [5.41, 5.74) is 2.50. The van der Waals surface area contributed by atoms with Gasteiger partial charge in [-0.2, -0.15) is 0 Å². The Labute approximate surface area is 158 Å². The standard InChI is InChI=1S/C22H22N2OS/c1-25-20-12-11-16-7-2-4-9-18(16)21(20)26-15-17-8-3-5-10-19(17)22-23-13-6-14-24-22/h2-5,7-12H,6,13-15H2,1H3,(H,23,24). The van der Waals surface area contributed by atoms with Crippen LogP contribution >= 0.6 is 11.8 Å². The smallest absolute Gasteiger partial charge is 0.133 e. The highest BCUT2D eigenvalue weighted by atomic mass is 32.2. The Balaban J connectivity index is 1.66. The van der Waals surface area contributed by atoms with Gasteiger partial charge in [0.05, 0.1) is 12.0 Å². The monoisotopic (exact) mass is 362 g/mol. The minimum atomic E-state index is 0.876. The van der Waals surface area contributed by atoms with Crippen LogP contribution in [0.5, 0.6) is 5.75 Å². The Kier molecular flexibility index (Phi) is 5.12. The molecule has 0 saturated heterocycles. The molecule has 132 valence electrons. The number of aliphatic imine (C=N–C) groups is 1. The molecule has 0 bridgehead atoms. The number of thioether (sulfide) groups is 1. The summed E-state index contributed by atoms with van der Waals surface area (Å²) < 4.78 is 5.63. The van der Waals surface area contributed by atoms with E-state index >= 15 is 0 Å². The molecular formula is C22H22N2OS. The molecule has 1 aliphatic heterocycles. The van der Waals surface area contributed by atoms with Crippen LogP contribution in [0.3, 0.4) is 0 Å². The van der Waals surface area contributed by atoms with Crippen molar-refractivity contribution in [2.24, 2.45) is 4.99 Å². The van der Waals surface area contributed by atoms with Crippen molar-refractivity contribution in [3.05, 3.63) is 71.8 Å². The van der Waals surface area contributed by atoms with Crippen LogP contribution in [-0.4, -0.2) is 26.0 Å². The van der Waals surface area contributed by atoms with Crippen molar-refractivity contribution < 1.29 is 4.74 Å². The Morgan fingerprint density at radius 2 is 1.88 bits per heavy atom. The second kappa shape index (κ2) is 7.83. The normalized spacial score (nSPS) is 14.0. The first-order chi connectivity index (χ1) is 12.9. The predicted molar refractivity (Wildman–Crippen MR) is 111 cm³/mol. The third kappa shape index (κ3) is 3.42. The number of ether oxygens (including phenoxy) is 1. The van der Waals surface area contributed by atoms with Crippen molar-refractivity contribution in [2.75, 3.05) is 20.2 Å². The average molecular weight is 362 g/mol. The maximum atomic E-state index is 5.63. The third-order valence-electron chi connectivity index (χ3n) is 4.61. The van der Waals surface area contributed by atoms with Gasteiger partial charge in [-0.15, -0.1) is 11.8 Å². The maximum absolute atomic E-state index is 5.63. The molecular weight excluding hydrogens is 340 g/mol. The van der Waals surface area contributed by atoms with Gasteiger partial charge in [0.15, 0.2) is 0 Å². The molecule has 0 aliphatic carbocycles. The molecule has 1 N–H and O–H groups in total. The van der Waals surface area contributed by atoms with E-state index in [1.54, 1.807) is 7.11 Å². The highest BCUT2D eigenvalue weighted by molar-refractivity contribution is 7.98. The molecule has 0 atom stereocenters. The highest BCUT2D eigenvalue weighted by Gasteiger charge is 2.14. The van der Waals surface area contributed by atoms with Crippen LogP contribution in [0.4, 0.5) is 0 Å². The number of rotatable bonds is 5. The third-order valence-corrected chi connectivity index (χ3v) is 5.77. The van der Waals surface area contributed by atoms with Crippen molar-refractivity contribution in [2.45, 2.75) is 17.1 Å². The fraction of sp³-hybridized carbons (Fsp3) is 0.227. The molecule has 26 heavy (non-hydrogen) atoms. The summed E-state index contributed by atoms with van der Waals surface area (Å²) in [6, 6.07) is 21.2. The lowest BCUT2D eigenvalue weighted by Gasteiger charge is -2.18. The largest absolute Gasteiger partial charge is 0.496 e. The average Bonchev–Trinajstić information content (AvgIpc) is 2.72. The second-order valence-electron chi connectivity index (χ2n) is 6.27. The van der Waals surface area contributed by atoms with E-state index in [0.29, 0.717) is 0 Å². The van der Waals surface area contributed by atoms with Crippen LogP contribution in [0.2, 0.25) is 0 Å². The van der Waals surface area contributed by atoms with Crippen LogP contribution in [0.15, 0.2) is 70.6 Å². The minimum Gasteiger partial charge on any atom is -0.496 e.